The van der Waals surface area contributed by atoms with E-state index >= 15 is 0 Å². The van der Waals surface area contributed by atoms with Crippen molar-refractivity contribution >= 4 is 11.8 Å². The van der Waals surface area contributed by atoms with Gasteiger partial charge in [-0.1, -0.05) is 5.16 Å². The number of nitrogens with zero attached hydrogens (tertiary/aromatic N) is 2. The van der Waals surface area contributed by atoms with Crippen LogP contribution in [-0.4, -0.2) is 34.4 Å². The Morgan fingerprint density at radius 2 is 2.32 bits per heavy atom. The van der Waals surface area contributed by atoms with Crippen LogP contribution in [-0.2, 0) is 10.3 Å². The minimum Gasteiger partial charge on any atom is -0.376 e. The molecule has 2 aliphatic rings. The highest BCUT2D eigenvalue weighted by Crippen LogP contribution is 2.32. The first-order valence-corrected chi connectivity index (χ1v) is 8.13. The Labute approximate surface area is 117 Å². The van der Waals surface area contributed by atoms with Crippen LogP contribution in [0.3, 0.4) is 0 Å². The first-order valence-electron chi connectivity index (χ1n) is 6.97. The lowest BCUT2D eigenvalue weighted by Crippen LogP contribution is -2.41. The van der Waals surface area contributed by atoms with Crippen molar-refractivity contribution in [2.45, 2.75) is 50.2 Å². The molecule has 19 heavy (non-hydrogen) atoms. The van der Waals surface area contributed by atoms with Crippen molar-refractivity contribution in [3.05, 3.63) is 11.7 Å². The molecule has 1 aliphatic heterocycles. The van der Waals surface area contributed by atoms with E-state index in [1.54, 1.807) is 0 Å². The minimum atomic E-state index is -0.664. The number of nitrogens with two attached hydrogens (primary N) is 1. The summed E-state index contributed by atoms with van der Waals surface area (Å²) < 4.78 is 11.2. The topological polar surface area (TPSA) is 74.2 Å². The molecule has 0 aromatic carbocycles. The van der Waals surface area contributed by atoms with Crippen LogP contribution in [0.5, 0.6) is 0 Å². The average Bonchev–Trinajstić information content (AvgIpc) is 2.98. The van der Waals surface area contributed by atoms with Crippen molar-refractivity contribution in [1.82, 2.24) is 10.1 Å². The first kappa shape index (κ1) is 13.4. The fraction of sp³-hybridized carbons (Fsp3) is 0.846. The summed E-state index contributed by atoms with van der Waals surface area (Å²) in [6, 6.07) is 0. The summed E-state index contributed by atoms with van der Waals surface area (Å²) in [5.74, 6) is 3.95. The Bertz CT molecular complexity index is 425. The van der Waals surface area contributed by atoms with Crippen molar-refractivity contribution in [1.29, 1.82) is 0 Å². The number of ether oxygens (including phenoxy) is 1. The van der Waals surface area contributed by atoms with Crippen LogP contribution in [0.25, 0.3) is 0 Å². The maximum absolute atomic E-state index is 6.26. The molecule has 1 saturated heterocycles. The van der Waals surface area contributed by atoms with Gasteiger partial charge in [0.1, 0.15) is 5.54 Å². The van der Waals surface area contributed by atoms with Crippen molar-refractivity contribution in [3.8, 4) is 0 Å². The summed E-state index contributed by atoms with van der Waals surface area (Å²) >= 11 is 1.93. The van der Waals surface area contributed by atoms with Gasteiger partial charge in [-0.25, -0.2) is 0 Å². The Hall–Kier alpha value is -0.590. The molecular weight excluding hydrogens is 262 g/mol. The minimum absolute atomic E-state index is 0.375. The van der Waals surface area contributed by atoms with E-state index < -0.39 is 5.54 Å². The van der Waals surface area contributed by atoms with Crippen LogP contribution in [0.1, 0.15) is 50.2 Å². The summed E-state index contributed by atoms with van der Waals surface area (Å²) in [4.78, 5) is 4.49. The Morgan fingerprint density at radius 1 is 1.47 bits per heavy atom. The SMILES string of the molecule is CC(N)(COC1CCC1)c1noc(C2CCSC2)n1. The van der Waals surface area contributed by atoms with E-state index in [1.807, 2.05) is 18.7 Å². The van der Waals surface area contributed by atoms with E-state index in [1.165, 1.54) is 12.2 Å². The van der Waals surface area contributed by atoms with E-state index in [2.05, 4.69) is 10.1 Å². The lowest BCUT2D eigenvalue weighted by atomic mass is 9.95. The molecule has 2 N–H and O–H groups in total. The van der Waals surface area contributed by atoms with E-state index in [0.717, 1.165) is 30.9 Å². The fourth-order valence-electron chi connectivity index (χ4n) is 2.26. The molecule has 5 nitrogen and oxygen atoms in total. The second-order valence-electron chi connectivity index (χ2n) is 5.80. The third-order valence-electron chi connectivity index (χ3n) is 3.90. The largest absolute Gasteiger partial charge is 0.376 e. The molecule has 1 aliphatic carbocycles. The van der Waals surface area contributed by atoms with E-state index in [0.29, 0.717) is 24.5 Å². The van der Waals surface area contributed by atoms with Gasteiger partial charge in [-0.05, 0) is 38.4 Å². The van der Waals surface area contributed by atoms with Gasteiger partial charge in [-0.15, -0.1) is 0 Å². The Balaban J connectivity index is 1.62. The fourth-order valence-corrected chi connectivity index (χ4v) is 3.47. The second kappa shape index (κ2) is 5.42. The smallest absolute Gasteiger partial charge is 0.230 e. The molecule has 2 atom stereocenters. The molecule has 0 bridgehead atoms. The number of hydrogen-bond acceptors (Lipinski definition) is 6. The quantitative estimate of drug-likeness (QED) is 0.891. The van der Waals surface area contributed by atoms with Crippen molar-refractivity contribution in [2.24, 2.45) is 5.73 Å². The molecule has 1 aromatic rings. The predicted molar refractivity (Wildman–Crippen MR) is 74.1 cm³/mol. The van der Waals surface area contributed by atoms with Crippen LogP contribution >= 0.6 is 11.8 Å². The van der Waals surface area contributed by atoms with Gasteiger partial charge in [0, 0.05) is 11.7 Å². The molecule has 0 amide bonds. The van der Waals surface area contributed by atoms with Crippen molar-refractivity contribution in [2.75, 3.05) is 18.1 Å². The third-order valence-corrected chi connectivity index (χ3v) is 5.07. The second-order valence-corrected chi connectivity index (χ2v) is 6.95. The van der Waals surface area contributed by atoms with Crippen LogP contribution in [0.4, 0.5) is 0 Å². The number of thioether (sulfide) groups is 1. The van der Waals surface area contributed by atoms with Gasteiger partial charge in [0.25, 0.3) is 0 Å². The summed E-state index contributed by atoms with van der Waals surface area (Å²) in [7, 11) is 0. The molecule has 0 spiro atoms. The zero-order chi connectivity index (χ0) is 13.3. The number of hydrogen-bond donors (Lipinski definition) is 1. The molecule has 2 unspecified atom stereocenters. The zero-order valence-corrected chi connectivity index (χ0v) is 12.1. The highest BCUT2D eigenvalue weighted by Gasteiger charge is 2.32. The lowest BCUT2D eigenvalue weighted by molar-refractivity contribution is -0.0222. The highest BCUT2D eigenvalue weighted by molar-refractivity contribution is 7.99. The van der Waals surface area contributed by atoms with Crippen LogP contribution in [0.15, 0.2) is 4.52 Å². The molecule has 106 valence electrons. The molecule has 1 aromatic heterocycles. The maximum atomic E-state index is 6.26. The summed E-state index contributed by atoms with van der Waals surface area (Å²) in [6.07, 6.45) is 5.05. The van der Waals surface area contributed by atoms with Gasteiger partial charge in [0.2, 0.25) is 5.89 Å². The van der Waals surface area contributed by atoms with Crippen molar-refractivity contribution in [3.63, 3.8) is 0 Å². The summed E-state index contributed by atoms with van der Waals surface area (Å²) in [5.41, 5.74) is 5.60. The lowest BCUT2D eigenvalue weighted by Gasteiger charge is -2.29. The third kappa shape index (κ3) is 2.95. The van der Waals surface area contributed by atoms with Crippen LogP contribution in [0, 0.1) is 0 Å². The Morgan fingerprint density at radius 3 is 2.95 bits per heavy atom. The molecule has 3 rings (SSSR count). The summed E-state index contributed by atoms with van der Waals surface area (Å²) in [5, 5.41) is 4.05. The standard InChI is InChI=1S/C13H21N3O2S/c1-13(14,8-17-10-3-2-4-10)12-15-11(18-16-12)9-5-6-19-7-9/h9-10H,2-8,14H2,1H3. The van der Waals surface area contributed by atoms with Gasteiger partial charge in [0.05, 0.1) is 12.7 Å². The molecular formula is C13H21N3O2S. The van der Waals surface area contributed by atoms with E-state index in [4.69, 9.17) is 15.0 Å². The van der Waals surface area contributed by atoms with Gasteiger partial charge in [-0.2, -0.15) is 16.7 Å². The van der Waals surface area contributed by atoms with Crippen molar-refractivity contribution < 1.29 is 9.26 Å². The molecule has 1 saturated carbocycles. The summed E-state index contributed by atoms with van der Waals surface area (Å²) in [6.45, 7) is 2.36. The molecule has 2 heterocycles. The normalized spacial score (nSPS) is 27.2. The highest BCUT2D eigenvalue weighted by atomic mass is 32.2. The Kier molecular flexibility index (Phi) is 3.82. The van der Waals surface area contributed by atoms with Gasteiger partial charge >= 0.3 is 0 Å². The maximum Gasteiger partial charge on any atom is 0.230 e. The number of aromatic nitrogens is 2. The monoisotopic (exact) mass is 283 g/mol. The van der Waals surface area contributed by atoms with E-state index in [9.17, 15) is 0 Å². The molecule has 6 heteroatoms. The van der Waals surface area contributed by atoms with Gasteiger partial charge in [0.15, 0.2) is 5.82 Å². The first-order chi connectivity index (χ1) is 9.15. The van der Waals surface area contributed by atoms with Gasteiger partial charge < -0.3 is 15.0 Å². The molecule has 2 fully saturated rings. The zero-order valence-electron chi connectivity index (χ0n) is 11.3. The van der Waals surface area contributed by atoms with E-state index in [-0.39, 0.29) is 0 Å². The number of rotatable bonds is 5. The average molecular weight is 283 g/mol. The van der Waals surface area contributed by atoms with Gasteiger partial charge in [-0.3, -0.25) is 0 Å². The van der Waals surface area contributed by atoms with Crippen LogP contribution in [0.2, 0.25) is 0 Å². The van der Waals surface area contributed by atoms with Crippen LogP contribution < -0.4 is 5.73 Å². The molecule has 0 radical (unpaired) electrons. The predicted octanol–water partition coefficient (Wildman–Crippen LogP) is 2.03.